The van der Waals surface area contributed by atoms with Gasteiger partial charge in [0.15, 0.2) is 5.52 Å². The second-order valence-corrected chi connectivity index (χ2v) is 8.17. The molecule has 10 nitrogen and oxygen atoms in total. The van der Waals surface area contributed by atoms with E-state index in [-0.39, 0.29) is 11.2 Å². The van der Waals surface area contributed by atoms with Crippen molar-refractivity contribution in [2.24, 2.45) is 7.05 Å². The fraction of sp³-hybridized carbons (Fsp3) is 0.250. The maximum atomic E-state index is 12.9. The van der Waals surface area contributed by atoms with Crippen LogP contribution in [-0.2, 0) is 20.1 Å². The van der Waals surface area contributed by atoms with Gasteiger partial charge in [-0.25, -0.2) is 9.78 Å². The van der Waals surface area contributed by atoms with Gasteiger partial charge < -0.3 is 4.57 Å². The third-order valence-electron chi connectivity index (χ3n) is 5.96. The number of hydrogen-bond donors (Lipinski definition) is 1. The maximum absolute atomic E-state index is 12.9. The first-order chi connectivity index (χ1) is 16.6. The van der Waals surface area contributed by atoms with Crippen molar-refractivity contribution in [3.8, 4) is 22.5 Å². The van der Waals surface area contributed by atoms with Crippen LogP contribution in [0.25, 0.3) is 33.7 Å². The van der Waals surface area contributed by atoms with Gasteiger partial charge in [0.25, 0.3) is 5.56 Å². The lowest BCUT2D eigenvalue weighted by Crippen LogP contribution is -2.39. The third-order valence-corrected chi connectivity index (χ3v) is 5.96. The lowest BCUT2D eigenvalue weighted by molar-refractivity contribution is 0.564. The van der Waals surface area contributed by atoms with E-state index in [4.69, 9.17) is 0 Å². The number of tetrazole rings is 1. The highest BCUT2D eigenvalue weighted by Crippen LogP contribution is 2.29. The van der Waals surface area contributed by atoms with Crippen LogP contribution in [0.5, 0.6) is 0 Å². The average molecular weight is 457 g/mol. The van der Waals surface area contributed by atoms with Crippen molar-refractivity contribution in [3.63, 3.8) is 0 Å². The Morgan fingerprint density at radius 1 is 1.00 bits per heavy atom. The van der Waals surface area contributed by atoms with Gasteiger partial charge in [-0.15, -0.1) is 10.2 Å². The van der Waals surface area contributed by atoms with E-state index >= 15 is 0 Å². The molecule has 0 fully saturated rings. The molecule has 0 bridgehead atoms. The molecule has 0 saturated heterocycles. The molecule has 0 aliphatic carbocycles. The van der Waals surface area contributed by atoms with Crippen molar-refractivity contribution in [2.45, 2.75) is 32.9 Å². The molecular weight excluding hydrogens is 432 g/mol. The van der Waals surface area contributed by atoms with E-state index in [0.717, 1.165) is 35.1 Å². The molecule has 0 radical (unpaired) electrons. The Bertz CT molecular complexity index is 1560. The standard InChI is InChI=1S/C24H24N8O2/c1-3-4-13-32-23(33)20-22(30(2)24(32)34)31(15-25-20)14-16-9-11-17(12-10-16)18-7-5-6-8-19(18)21-26-28-29-27-21/h5-12,15H,3-4,13-14H2,1-2H3,(H,26,27,28,29). The maximum Gasteiger partial charge on any atom is 0.332 e. The van der Waals surface area contributed by atoms with Crippen molar-refractivity contribution in [3.05, 3.63) is 81.3 Å². The number of H-pyrrole nitrogens is 1. The number of nitrogens with zero attached hydrogens (tertiary/aromatic N) is 7. The zero-order valence-corrected chi connectivity index (χ0v) is 19.0. The normalized spacial score (nSPS) is 11.4. The Hall–Kier alpha value is -4.34. The number of imidazole rings is 1. The van der Waals surface area contributed by atoms with E-state index < -0.39 is 0 Å². The first-order valence-electron chi connectivity index (χ1n) is 11.1. The van der Waals surface area contributed by atoms with E-state index in [1.54, 1.807) is 13.4 Å². The van der Waals surface area contributed by atoms with Crippen LogP contribution in [0.2, 0.25) is 0 Å². The largest absolute Gasteiger partial charge is 0.332 e. The molecule has 34 heavy (non-hydrogen) atoms. The molecule has 3 heterocycles. The van der Waals surface area contributed by atoms with E-state index in [2.05, 4.69) is 25.6 Å². The summed E-state index contributed by atoms with van der Waals surface area (Å²) in [6.07, 6.45) is 3.29. The van der Waals surface area contributed by atoms with Crippen LogP contribution in [0.15, 0.2) is 64.4 Å². The second-order valence-electron chi connectivity index (χ2n) is 8.17. The molecule has 0 atom stereocenters. The van der Waals surface area contributed by atoms with Gasteiger partial charge in [-0.05, 0) is 28.3 Å². The van der Waals surface area contributed by atoms with Gasteiger partial charge in [0.05, 0.1) is 12.9 Å². The summed E-state index contributed by atoms with van der Waals surface area (Å²) >= 11 is 0. The van der Waals surface area contributed by atoms with Gasteiger partial charge in [0.1, 0.15) is 5.65 Å². The summed E-state index contributed by atoms with van der Waals surface area (Å²) in [6.45, 7) is 2.91. The minimum atomic E-state index is -0.335. The number of nitrogens with one attached hydrogen (secondary N) is 1. The zero-order chi connectivity index (χ0) is 23.7. The van der Waals surface area contributed by atoms with Crippen molar-refractivity contribution in [2.75, 3.05) is 0 Å². The number of rotatable bonds is 7. The van der Waals surface area contributed by atoms with Crippen LogP contribution < -0.4 is 11.2 Å². The van der Waals surface area contributed by atoms with Gasteiger partial charge in [-0.3, -0.25) is 13.9 Å². The lowest BCUT2D eigenvalue weighted by Gasteiger charge is -2.11. The number of benzene rings is 2. The fourth-order valence-electron chi connectivity index (χ4n) is 4.19. The molecule has 172 valence electrons. The molecule has 1 N–H and O–H groups in total. The Morgan fingerprint density at radius 2 is 1.76 bits per heavy atom. The molecule has 3 aromatic heterocycles. The highest BCUT2D eigenvalue weighted by Gasteiger charge is 2.16. The molecule has 0 unspecified atom stereocenters. The van der Waals surface area contributed by atoms with E-state index in [0.29, 0.717) is 30.1 Å². The first kappa shape index (κ1) is 21.5. The average Bonchev–Trinajstić information content (AvgIpc) is 3.54. The van der Waals surface area contributed by atoms with Crippen LogP contribution in [0.4, 0.5) is 0 Å². The molecule has 0 saturated carbocycles. The summed E-state index contributed by atoms with van der Waals surface area (Å²) in [5.74, 6) is 0.537. The molecule has 10 heteroatoms. The van der Waals surface area contributed by atoms with Crippen molar-refractivity contribution >= 4 is 11.2 Å². The third kappa shape index (κ3) is 3.72. The van der Waals surface area contributed by atoms with Crippen LogP contribution >= 0.6 is 0 Å². The van der Waals surface area contributed by atoms with Crippen LogP contribution in [-0.4, -0.2) is 39.3 Å². The molecule has 5 rings (SSSR count). The molecule has 0 aliphatic rings. The van der Waals surface area contributed by atoms with Gasteiger partial charge in [0.2, 0.25) is 5.82 Å². The fourth-order valence-corrected chi connectivity index (χ4v) is 4.19. The van der Waals surface area contributed by atoms with Crippen molar-refractivity contribution in [1.82, 2.24) is 39.3 Å². The smallest absolute Gasteiger partial charge is 0.312 e. The Labute approximate surface area is 194 Å². The Balaban J connectivity index is 1.47. The Morgan fingerprint density at radius 3 is 2.47 bits per heavy atom. The molecule has 0 aliphatic heterocycles. The van der Waals surface area contributed by atoms with Crippen LogP contribution in [0.3, 0.4) is 0 Å². The van der Waals surface area contributed by atoms with Gasteiger partial charge in [0, 0.05) is 19.2 Å². The minimum absolute atomic E-state index is 0.309. The number of fused-ring (bicyclic) bond motifs is 1. The highest BCUT2D eigenvalue weighted by atomic mass is 16.2. The predicted molar refractivity (Wildman–Crippen MR) is 128 cm³/mol. The number of aromatic amines is 1. The number of aryl methyl sites for hydroxylation is 1. The van der Waals surface area contributed by atoms with Crippen LogP contribution in [0.1, 0.15) is 25.3 Å². The number of hydrogen-bond acceptors (Lipinski definition) is 6. The molecular formula is C24H24N8O2. The van der Waals surface area contributed by atoms with Gasteiger partial charge in [-0.2, -0.15) is 5.21 Å². The first-order valence-corrected chi connectivity index (χ1v) is 11.1. The summed E-state index contributed by atoms with van der Waals surface area (Å²) < 4.78 is 4.62. The van der Waals surface area contributed by atoms with Crippen molar-refractivity contribution in [1.29, 1.82) is 0 Å². The van der Waals surface area contributed by atoms with E-state index in [1.165, 1.54) is 9.13 Å². The summed E-state index contributed by atoms with van der Waals surface area (Å²) in [5, 5.41) is 14.4. The summed E-state index contributed by atoms with van der Waals surface area (Å²) in [4.78, 5) is 30.0. The molecule has 5 aromatic rings. The van der Waals surface area contributed by atoms with Crippen molar-refractivity contribution < 1.29 is 0 Å². The SMILES string of the molecule is CCCCn1c(=O)c2ncn(Cc3ccc(-c4ccccc4-c4nn[nH]n4)cc3)c2n(C)c1=O. The summed E-state index contributed by atoms with van der Waals surface area (Å²) in [7, 11) is 1.68. The monoisotopic (exact) mass is 456 g/mol. The zero-order valence-electron chi connectivity index (χ0n) is 19.0. The van der Waals surface area contributed by atoms with E-state index in [1.807, 2.05) is 60.0 Å². The molecule has 0 spiro atoms. The minimum Gasteiger partial charge on any atom is -0.312 e. The van der Waals surface area contributed by atoms with E-state index in [9.17, 15) is 9.59 Å². The predicted octanol–water partition coefficient (Wildman–Crippen LogP) is 2.59. The molecule has 0 amide bonds. The summed E-state index contributed by atoms with van der Waals surface area (Å²) in [6, 6.07) is 16.0. The van der Waals surface area contributed by atoms with Gasteiger partial charge in [-0.1, -0.05) is 61.9 Å². The summed E-state index contributed by atoms with van der Waals surface area (Å²) in [5.41, 5.74) is 4.10. The molecule has 2 aromatic carbocycles. The number of aromatic nitrogens is 8. The Kier molecular flexibility index (Phi) is 5.62. The highest BCUT2D eigenvalue weighted by molar-refractivity contribution is 5.80. The topological polar surface area (TPSA) is 116 Å². The number of unbranched alkanes of at least 4 members (excludes halogenated alkanes) is 1. The quantitative estimate of drug-likeness (QED) is 0.402. The van der Waals surface area contributed by atoms with Crippen LogP contribution in [0, 0.1) is 0 Å². The second kappa shape index (κ2) is 8.89. The van der Waals surface area contributed by atoms with Gasteiger partial charge >= 0.3 is 5.69 Å². The lowest BCUT2D eigenvalue weighted by atomic mass is 9.98.